The van der Waals surface area contributed by atoms with Gasteiger partial charge in [-0.25, -0.2) is 4.79 Å². The summed E-state index contributed by atoms with van der Waals surface area (Å²) in [5.41, 5.74) is -0.527. The Balaban J connectivity index is 2.12. The number of benzene rings is 1. The maximum absolute atomic E-state index is 12.6. The Morgan fingerprint density at radius 3 is 2.67 bits per heavy atom. The molecule has 21 heavy (non-hydrogen) atoms. The molecule has 8 heteroatoms. The second-order valence-electron chi connectivity index (χ2n) is 4.26. The normalized spacial score (nSPS) is 11.4. The Hall–Kier alpha value is -2.51. The number of halogens is 3. The molecule has 0 aliphatic carbocycles. The van der Waals surface area contributed by atoms with Gasteiger partial charge >= 0.3 is 12.1 Å². The largest absolute Gasteiger partial charge is 0.487 e. The third-order valence-electron chi connectivity index (χ3n) is 2.74. The molecule has 1 aromatic heterocycles. The molecule has 0 saturated heterocycles. The van der Waals surface area contributed by atoms with Gasteiger partial charge in [0.2, 0.25) is 0 Å². The van der Waals surface area contributed by atoms with E-state index in [4.69, 9.17) is 9.84 Å². The average Bonchev–Trinajstić information content (AvgIpc) is 2.77. The van der Waals surface area contributed by atoms with Gasteiger partial charge in [-0.1, -0.05) is 6.07 Å². The van der Waals surface area contributed by atoms with Crippen molar-refractivity contribution < 1.29 is 27.8 Å². The molecule has 1 heterocycles. The molecule has 0 radical (unpaired) electrons. The molecule has 1 N–H and O–H groups in total. The summed E-state index contributed by atoms with van der Waals surface area (Å²) in [6.07, 6.45) is -4.44. The van der Waals surface area contributed by atoms with E-state index in [1.165, 1.54) is 29.9 Å². The highest BCUT2D eigenvalue weighted by Gasteiger charge is 2.30. The minimum Gasteiger partial charge on any atom is -0.487 e. The van der Waals surface area contributed by atoms with Crippen LogP contribution in [-0.4, -0.2) is 20.9 Å². The van der Waals surface area contributed by atoms with Gasteiger partial charge in [0.1, 0.15) is 12.4 Å². The molecule has 0 unspecified atom stereocenters. The first kappa shape index (κ1) is 14.9. The van der Waals surface area contributed by atoms with Crippen LogP contribution in [0, 0.1) is 0 Å². The van der Waals surface area contributed by atoms with Gasteiger partial charge in [0, 0.05) is 7.05 Å². The van der Waals surface area contributed by atoms with E-state index in [-0.39, 0.29) is 18.1 Å². The molecule has 0 atom stereocenters. The summed E-state index contributed by atoms with van der Waals surface area (Å²) in [6.45, 7) is -0.0852. The second-order valence-corrected chi connectivity index (χ2v) is 4.26. The number of nitrogens with zero attached hydrogens (tertiary/aromatic N) is 2. The molecule has 5 nitrogen and oxygen atoms in total. The van der Waals surface area contributed by atoms with Crippen molar-refractivity contribution >= 4 is 5.97 Å². The molecule has 0 bridgehead atoms. The highest BCUT2D eigenvalue weighted by Crippen LogP contribution is 2.31. The van der Waals surface area contributed by atoms with E-state index in [0.717, 1.165) is 12.1 Å². The zero-order valence-corrected chi connectivity index (χ0v) is 10.9. The number of carboxylic acid groups (broad SMARTS) is 1. The summed E-state index contributed by atoms with van der Waals surface area (Å²) in [5, 5.41) is 12.5. The lowest BCUT2D eigenvalue weighted by Crippen LogP contribution is -2.06. The van der Waals surface area contributed by atoms with Crippen molar-refractivity contribution in [3.8, 4) is 5.75 Å². The molecule has 1 aromatic carbocycles. The van der Waals surface area contributed by atoms with E-state index in [1.54, 1.807) is 0 Å². The van der Waals surface area contributed by atoms with Crippen molar-refractivity contribution in [2.45, 2.75) is 12.8 Å². The molecule has 0 spiro atoms. The maximum atomic E-state index is 12.6. The number of ether oxygens (including phenoxy) is 1. The Labute approximate surface area is 117 Å². The Bertz CT molecular complexity index is 665. The van der Waals surface area contributed by atoms with Crippen LogP contribution in [0.5, 0.6) is 5.75 Å². The summed E-state index contributed by atoms with van der Waals surface area (Å²) in [4.78, 5) is 10.8. The quantitative estimate of drug-likeness (QED) is 0.943. The van der Waals surface area contributed by atoms with Gasteiger partial charge in [0.15, 0.2) is 5.69 Å². The Morgan fingerprint density at radius 1 is 1.38 bits per heavy atom. The fourth-order valence-electron chi connectivity index (χ4n) is 1.67. The van der Waals surface area contributed by atoms with Gasteiger partial charge in [-0.2, -0.15) is 18.3 Å². The van der Waals surface area contributed by atoms with Gasteiger partial charge in [0.05, 0.1) is 11.3 Å². The number of rotatable bonds is 4. The van der Waals surface area contributed by atoms with Crippen molar-refractivity contribution in [1.29, 1.82) is 0 Å². The SMILES string of the molecule is Cn1nc(C(=O)O)cc1COc1cccc(C(F)(F)F)c1. The van der Waals surface area contributed by atoms with Crippen LogP contribution in [0.25, 0.3) is 0 Å². The Kier molecular flexibility index (Phi) is 3.88. The third kappa shape index (κ3) is 3.53. The minimum atomic E-state index is -4.44. The number of aromatic nitrogens is 2. The average molecular weight is 300 g/mol. The first-order valence-corrected chi connectivity index (χ1v) is 5.83. The summed E-state index contributed by atoms with van der Waals surface area (Å²) >= 11 is 0. The van der Waals surface area contributed by atoms with Gasteiger partial charge in [-0.15, -0.1) is 0 Å². The lowest BCUT2D eigenvalue weighted by Gasteiger charge is -2.10. The zero-order valence-electron chi connectivity index (χ0n) is 10.9. The number of hydrogen-bond donors (Lipinski definition) is 1. The summed E-state index contributed by atoms with van der Waals surface area (Å²) < 4.78 is 44.2. The topological polar surface area (TPSA) is 64.4 Å². The van der Waals surface area contributed by atoms with Gasteiger partial charge in [-0.3, -0.25) is 4.68 Å². The van der Waals surface area contributed by atoms with Crippen LogP contribution in [0.15, 0.2) is 30.3 Å². The Morgan fingerprint density at radius 2 is 2.10 bits per heavy atom. The first-order valence-electron chi connectivity index (χ1n) is 5.83. The van der Waals surface area contributed by atoms with E-state index in [0.29, 0.717) is 5.69 Å². The van der Waals surface area contributed by atoms with Crippen LogP contribution in [0.1, 0.15) is 21.7 Å². The van der Waals surface area contributed by atoms with Crippen molar-refractivity contribution in [3.63, 3.8) is 0 Å². The maximum Gasteiger partial charge on any atom is 0.416 e. The molecule has 0 amide bonds. The highest BCUT2D eigenvalue weighted by molar-refractivity contribution is 5.85. The second kappa shape index (κ2) is 5.47. The number of carboxylic acids is 1. The van der Waals surface area contributed by atoms with Crippen LogP contribution in [0.4, 0.5) is 13.2 Å². The monoisotopic (exact) mass is 300 g/mol. The number of aryl methyl sites for hydroxylation is 1. The fourth-order valence-corrected chi connectivity index (χ4v) is 1.67. The minimum absolute atomic E-state index is 0.0444. The van der Waals surface area contributed by atoms with E-state index in [2.05, 4.69) is 5.10 Å². The highest BCUT2D eigenvalue weighted by atomic mass is 19.4. The third-order valence-corrected chi connectivity index (χ3v) is 2.74. The molecule has 0 aliphatic heterocycles. The van der Waals surface area contributed by atoms with E-state index in [9.17, 15) is 18.0 Å². The van der Waals surface area contributed by atoms with Gasteiger partial charge in [-0.05, 0) is 24.3 Å². The molecule has 2 rings (SSSR count). The van der Waals surface area contributed by atoms with Gasteiger partial charge in [0.25, 0.3) is 0 Å². The van der Waals surface area contributed by atoms with Crippen molar-refractivity contribution in [2.24, 2.45) is 7.05 Å². The van der Waals surface area contributed by atoms with Crippen LogP contribution in [0.3, 0.4) is 0 Å². The zero-order chi connectivity index (χ0) is 15.6. The number of hydrogen-bond acceptors (Lipinski definition) is 3. The van der Waals surface area contributed by atoms with E-state index in [1.807, 2.05) is 0 Å². The molecular formula is C13H11F3N2O3. The van der Waals surface area contributed by atoms with Crippen molar-refractivity contribution in [3.05, 3.63) is 47.3 Å². The molecule has 0 fully saturated rings. The molecule has 0 saturated carbocycles. The number of aromatic carboxylic acids is 1. The summed E-state index contributed by atoms with van der Waals surface area (Å²) in [5.74, 6) is -1.14. The smallest absolute Gasteiger partial charge is 0.416 e. The molecule has 0 aliphatic rings. The van der Waals surface area contributed by atoms with Crippen molar-refractivity contribution in [1.82, 2.24) is 9.78 Å². The fraction of sp³-hybridized carbons (Fsp3) is 0.231. The van der Waals surface area contributed by atoms with Crippen LogP contribution in [0.2, 0.25) is 0 Å². The summed E-state index contributed by atoms with van der Waals surface area (Å²) in [7, 11) is 1.53. The van der Waals surface area contributed by atoms with Crippen LogP contribution < -0.4 is 4.74 Å². The van der Waals surface area contributed by atoms with Crippen LogP contribution >= 0.6 is 0 Å². The predicted molar refractivity (Wildman–Crippen MR) is 65.9 cm³/mol. The standard InChI is InChI=1S/C13H11F3N2O3/c1-18-9(6-11(17-18)12(19)20)7-21-10-4-2-3-8(5-10)13(14,15)16/h2-6H,7H2,1H3,(H,19,20). The molecule has 112 valence electrons. The van der Waals surface area contributed by atoms with E-state index >= 15 is 0 Å². The van der Waals surface area contributed by atoms with Gasteiger partial charge < -0.3 is 9.84 Å². The number of alkyl halides is 3. The predicted octanol–water partition coefficient (Wildman–Crippen LogP) is 2.72. The van der Waals surface area contributed by atoms with Crippen LogP contribution in [-0.2, 0) is 19.8 Å². The van der Waals surface area contributed by atoms with E-state index < -0.39 is 17.7 Å². The molecular weight excluding hydrogens is 289 g/mol. The molecule has 2 aromatic rings. The lowest BCUT2D eigenvalue weighted by atomic mass is 10.2. The lowest BCUT2D eigenvalue weighted by molar-refractivity contribution is -0.137. The summed E-state index contributed by atoms with van der Waals surface area (Å²) in [6, 6.07) is 5.76. The number of carbonyl (C=O) groups is 1. The van der Waals surface area contributed by atoms with Crippen molar-refractivity contribution in [2.75, 3.05) is 0 Å². The first-order chi connectivity index (χ1) is 9.77.